The molecule has 0 spiro atoms. The van der Waals surface area contributed by atoms with E-state index < -0.39 is 5.60 Å². The maximum absolute atomic E-state index is 10.1. The number of hydrogen-bond donors (Lipinski definition) is 1. The molecule has 1 fully saturated rings. The van der Waals surface area contributed by atoms with Crippen LogP contribution in [0.2, 0.25) is 0 Å². The molecule has 0 radical (unpaired) electrons. The van der Waals surface area contributed by atoms with Crippen molar-refractivity contribution in [2.24, 2.45) is 0 Å². The van der Waals surface area contributed by atoms with Crippen LogP contribution in [0.1, 0.15) is 31.7 Å². The Morgan fingerprint density at radius 1 is 1.37 bits per heavy atom. The molecule has 1 N–H and O–H groups in total. The van der Waals surface area contributed by atoms with Crippen molar-refractivity contribution in [2.45, 2.75) is 38.3 Å². The fraction of sp³-hybridized carbons (Fsp3) is 0.600. The number of nitrogens with zero attached hydrogens (tertiary/aromatic N) is 1. The minimum atomic E-state index is -0.504. The summed E-state index contributed by atoms with van der Waals surface area (Å²) in [5.41, 5.74) is 0.689. The van der Waals surface area contributed by atoms with Crippen molar-refractivity contribution in [1.29, 1.82) is 0 Å². The summed E-state index contributed by atoms with van der Waals surface area (Å²) in [5.74, 6) is 0.930. The average Bonchev–Trinajstić information content (AvgIpc) is 2.51. The van der Waals surface area contributed by atoms with E-state index in [2.05, 4.69) is 26.9 Å². The normalized spacial score (nSPS) is 25.1. The maximum Gasteiger partial charge on any atom is 0.123 e. The van der Waals surface area contributed by atoms with Gasteiger partial charge >= 0.3 is 0 Å². The van der Waals surface area contributed by atoms with E-state index in [0.717, 1.165) is 49.1 Å². The van der Waals surface area contributed by atoms with Gasteiger partial charge in [-0.15, -0.1) is 0 Å². The molecule has 19 heavy (non-hydrogen) atoms. The fourth-order valence-corrected chi connectivity index (χ4v) is 3.00. The van der Waals surface area contributed by atoms with Crippen molar-refractivity contribution in [2.75, 3.05) is 20.2 Å². The topological polar surface area (TPSA) is 32.7 Å². The lowest BCUT2D eigenvalue weighted by molar-refractivity contribution is 0.0444. The molecule has 1 atom stereocenters. The third-order valence-corrected chi connectivity index (χ3v) is 4.29. The van der Waals surface area contributed by atoms with Gasteiger partial charge in [-0.25, -0.2) is 0 Å². The lowest BCUT2D eigenvalue weighted by Crippen LogP contribution is -2.28. The molecule has 4 heteroatoms. The van der Waals surface area contributed by atoms with Gasteiger partial charge < -0.3 is 9.84 Å². The summed E-state index contributed by atoms with van der Waals surface area (Å²) in [6.07, 6.45) is 2.77. The lowest BCUT2D eigenvalue weighted by atomic mass is 9.98. The number of hydrogen-bond acceptors (Lipinski definition) is 3. The van der Waals surface area contributed by atoms with Gasteiger partial charge in [-0.3, -0.25) is 4.90 Å². The van der Waals surface area contributed by atoms with Gasteiger partial charge in [-0.2, -0.15) is 0 Å². The second kappa shape index (κ2) is 6.25. The number of aliphatic hydroxyl groups is 1. The smallest absolute Gasteiger partial charge is 0.123 e. The molecular weight excluding hydrogens is 306 g/mol. The second-order valence-corrected chi connectivity index (χ2v) is 6.50. The van der Waals surface area contributed by atoms with Crippen LogP contribution in [0.5, 0.6) is 5.75 Å². The van der Waals surface area contributed by atoms with Crippen molar-refractivity contribution >= 4 is 15.9 Å². The van der Waals surface area contributed by atoms with Crippen LogP contribution in [0.4, 0.5) is 0 Å². The zero-order valence-electron chi connectivity index (χ0n) is 11.7. The molecule has 1 saturated heterocycles. The third-order valence-electron chi connectivity index (χ3n) is 3.79. The monoisotopic (exact) mass is 327 g/mol. The predicted octanol–water partition coefficient (Wildman–Crippen LogP) is 3.19. The van der Waals surface area contributed by atoms with Crippen LogP contribution in [0.25, 0.3) is 0 Å². The summed E-state index contributed by atoms with van der Waals surface area (Å²) in [6, 6.07) is 6.10. The molecule has 0 aliphatic carbocycles. The molecule has 1 aliphatic rings. The van der Waals surface area contributed by atoms with E-state index >= 15 is 0 Å². The third kappa shape index (κ3) is 4.20. The van der Waals surface area contributed by atoms with E-state index in [-0.39, 0.29) is 0 Å². The van der Waals surface area contributed by atoms with E-state index in [4.69, 9.17) is 4.74 Å². The Labute approximate surface area is 123 Å². The minimum Gasteiger partial charge on any atom is -0.496 e. The van der Waals surface area contributed by atoms with E-state index in [1.165, 1.54) is 5.56 Å². The average molecular weight is 328 g/mol. The molecule has 1 aliphatic heterocycles. The first-order valence-electron chi connectivity index (χ1n) is 6.77. The zero-order valence-corrected chi connectivity index (χ0v) is 13.2. The number of methoxy groups -OCH3 is 1. The van der Waals surface area contributed by atoms with Crippen molar-refractivity contribution in [3.05, 3.63) is 28.2 Å². The largest absolute Gasteiger partial charge is 0.496 e. The summed E-state index contributed by atoms with van der Waals surface area (Å²) in [4.78, 5) is 2.39. The minimum absolute atomic E-state index is 0.504. The van der Waals surface area contributed by atoms with E-state index in [1.54, 1.807) is 7.11 Å². The molecule has 1 unspecified atom stereocenters. The summed E-state index contributed by atoms with van der Waals surface area (Å²) in [6.45, 7) is 4.78. The first kappa shape index (κ1) is 14.8. The first-order chi connectivity index (χ1) is 9.00. The molecular formula is C15H22BrNO2. The second-order valence-electron chi connectivity index (χ2n) is 5.58. The molecule has 3 nitrogen and oxygen atoms in total. The van der Waals surface area contributed by atoms with Gasteiger partial charge in [0.1, 0.15) is 5.75 Å². The van der Waals surface area contributed by atoms with Crippen LogP contribution in [-0.2, 0) is 6.54 Å². The standard InChI is InChI=1S/C15H22BrNO2/c1-15(18)6-3-8-17(9-7-15)11-12-10-13(16)4-5-14(12)19-2/h4-5,10,18H,3,6-9,11H2,1-2H3. The van der Waals surface area contributed by atoms with Crippen molar-refractivity contribution in [3.63, 3.8) is 0 Å². The number of benzene rings is 1. The van der Waals surface area contributed by atoms with E-state index in [9.17, 15) is 5.11 Å². The molecule has 1 aromatic carbocycles. The van der Waals surface area contributed by atoms with Gasteiger partial charge in [-0.05, 0) is 50.9 Å². The maximum atomic E-state index is 10.1. The summed E-state index contributed by atoms with van der Waals surface area (Å²) in [7, 11) is 1.71. The van der Waals surface area contributed by atoms with Crippen molar-refractivity contribution < 1.29 is 9.84 Å². The van der Waals surface area contributed by atoms with Crippen LogP contribution < -0.4 is 4.74 Å². The van der Waals surface area contributed by atoms with Crippen LogP contribution in [0.3, 0.4) is 0 Å². The highest BCUT2D eigenvalue weighted by atomic mass is 79.9. The molecule has 1 aromatic rings. The molecule has 0 aromatic heterocycles. The highest BCUT2D eigenvalue weighted by Gasteiger charge is 2.25. The van der Waals surface area contributed by atoms with Crippen molar-refractivity contribution in [1.82, 2.24) is 4.90 Å². The van der Waals surface area contributed by atoms with Gasteiger partial charge in [-0.1, -0.05) is 15.9 Å². The van der Waals surface area contributed by atoms with Gasteiger partial charge in [0.2, 0.25) is 0 Å². The van der Waals surface area contributed by atoms with Crippen molar-refractivity contribution in [3.8, 4) is 5.75 Å². The number of rotatable bonds is 3. The fourth-order valence-electron chi connectivity index (χ4n) is 2.59. The Morgan fingerprint density at radius 3 is 2.89 bits per heavy atom. The number of halogens is 1. The highest BCUT2D eigenvalue weighted by Crippen LogP contribution is 2.27. The molecule has 2 rings (SSSR count). The van der Waals surface area contributed by atoms with Gasteiger partial charge in [0, 0.05) is 23.1 Å². The van der Waals surface area contributed by atoms with E-state index in [0.29, 0.717) is 0 Å². The predicted molar refractivity (Wildman–Crippen MR) is 80.4 cm³/mol. The summed E-state index contributed by atoms with van der Waals surface area (Å²) < 4.78 is 6.49. The Morgan fingerprint density at radius 2 is 2.16 bits per heavy atom. The van der Waals surface area contributed by atoms with E-state index in [1.807, 2.05) is 19.1 Å². The highest BCUT2D eigenvalue weighted by molar-refractivity contribution is 9.10. The number of likely N-dealkylation sites (tertiary alicyclic amines) is 1. The Kier molecular flexibility index (Phi) is 4.87. The lowest BCUT2D eigenvalue weighted by Gasteiger charge is -2.23. The summed E-state index contributed by atoms with van der Waals surface area (Å²) in [5, 5.41) is 10.1. The number of ether oxygens (including phenoxy) is 1. The van der Waals surface area contributed by atoms with Crippen LogP contribution in [0, 0.1) is 0 Å². The zero-order chi connectivity index (χ0) is 13.9. The van der Waals surface area contributed by atoms with Gasteiger partial charge in [0.25, 0.3) is 0 Å². The molecule has 0 bridgehead atoms. The van der Waals surface area contributed by atoms with Crippen LogP contribution in [-0.4, -0.2) is 35.8 Å². The van der Waals surface area contributed by atoms with Gasteiger partial charge in [0.15, 0.2) is 0 Å². The quantitative estimate of drug-likeness (QED) is 0.925. The SMILES string of the molecule is COc1ccc(Br)cc1CN1CCCC(C)(O)CC1. The molecule has 0 amide bonds. The Bertz CT molecular complexity index is 434. The first-order valence-corrected chi connectivity index (χ1v) is 7.57. The summed E-state index contributed by atoms with van der Waals surface area (Å²) >= 11 is 3.51. The Hall–Kier alpha value is -0.580. The van der Waals surface area contributed by atoms with Crippen LogP contribution >= 0.6 is 15.9 Å². The Balaban J connectivity index is 2.06. The van der Waals surface area contributed by atoms with Crippen LogP contribution in [0.15, 0.2) is 22.7 Å². The van der Waals surface area contributed by atoms with Gasteiger partial charge in [0.05, 0.1) is 12.7 Å². The molecule has 106 valence electrons. The molecule has 0 saturated carbocycles. The molecule has 1 heterocycles.